The number of nitrogens with zero attached hydrogens (tertiary/aromatic N) is 2. The Bertz CT molecular complexity index is 1160. The molecule has 0 bridgehead atoms. The molecule has 0 aromatic heterocycles. The molecule has 0 heterocycles. The molecule has 0 saturated carbocycles. The molecule has 0 radical (unpaired) electrons. The molecular weight excluding hydrogens is 456 g/mol. The molecule has 30 heavy (non-hydrogen) atoms. The summed E-state index contributed by atoms with van der Waals surface area (Å²) < 4.78 is 33.8. The number of halogens is 3. The highest BCUT2D eigenvalue weighted by Crippen LogP contribution is 2.26. The molecule has 8 heteroatoms. The van der Waals surface area contributed by atoms with Gasteiger partial charge in [-0.25, -0.2) is 14.2 Å². The summed E-state index contributed by atoms with van der Waals surface area (Å²) in [4.78, 5) is 12.0. The molecule has 1 amide bonds. The van der Waals surface area contributed by atoms with Gasteiger partial charge in [0, 0.05) is 5.56 Å². The van der Waals surface area contributed by atoms with Gasteiger partial charge in [0.05, 0.1) is 27.9 Å². The highest BCUT2D eigenvalue weighted by Gasteiger charge is 2.11. The van der Waals surface area contributed by atoms with Crippen molar-refractivity contribution in [2.75, 3.05) is 0 Å². The largest absolute Gasteiger partial charge is 0.488 e. The Morgan fingerprint density at radius 2 is 1.93 bits per heavy atom. The van der Waals surface area contributed by atoms with Gasteiger partial charge in [-0.2, -0.15) is 10.4 Å². The number of nitriles is 1. The van der Waals surface area contributed by atoms with Crippen molar-refractivity contribution in [1.29, 1.82) is 5.26 Å². The van der Waals surface area contributed by atoms with Crippen molar-refractivity contribution in [2.45, 2.75) is 6.61 Å². The van der Waals surface area contributed by atoms with Crippen LogP contribution < -0.4 is 10.2 Å². The van der Waals surface area contributed by atoms with E-state index < -0.39 is 11.7 Å². The van der Waals surface area contributed by atoms with E-state index in [1.54, 1.807) is 42.5 Å². The molecule has 0 spiro atoms. The number of nitrogens with one attached hydrogen (secondary N) is 1. The molecule has 0 aliphatic heterocycles. The van der Waals surface area contributed by atoms with E-state index in [4.69, 9.17) is 10.00 Å². The smallest absolute Gasteiger partial charge is 0.274 e. The van der Waals surface area contributed by atoms with Gasteiger partial charge in [-0.3, -0.25) is 4.79 Å². The van der Waals surface area contributed by atoms with Crippen LogP contribution in [0.2, 0.25) is 0 Å². The Hall–Kier alpha value is -3.57. The average Bonchev–Trinajstić information content (AvgIpc) is 2.74. The van der Waals surface area contributed by atoms with Crippen molar-refractivity contribution >= 4 is 28.1 Å². The molecule has 5 nitrogen and oxygen atoms in total. The first-order valence-electron chi connectivity index (χ1n) is 8.66. The lowest BCUT2D eigenvalue weighted by molar-refractivity contribution is 0.0951. The number of hydrogen-bond acceptors (Lipinski definition) is 4. The zero-order valence-electron chi connectivity index (χ0n) is 15.4. The number of benzene rings is 3. The lowest BCUT2D eigenvalue weighted by Gasteiger charge is -2.09. The second-order valence-corrected chi connectivity index (χ2v) is 6.93. The average molecular weight is 470 g/mol. The number of carbonyl (C=O) groups is 1. The molecule has 150 valence electrons. The van der Waals surface area contributed by atoms with Crippen LogP contribution in [0.4, 0.5) is 8.78 Å². The summed E-state index contributed by atoms with van der Waals surface area (Å²) in [5, 5.41) is 12.5. The Morgan fingerprint density at radius 3 is 2.63 bits per heavy atom. The number of rotatable bonds is 6. The lowest BCUT2D eigenvalue weighted by atomic mass is 10.1. The quantitative estimate of drug-likeness (QED) is 0.410. The maximum absolute atomic E-state index is 13.8. The highest BCUT2D eigenvalue weighted by atomic mass is 79.9. The maximum Gasteiger partial charge on any atom is 0.274 e. The van der Waals surface area contributed by atoms with Crippen molar-refractivity contribution in [2.24, 2.45) is 5.10 Å². The van der Waals surface area contributed by atoms with Crippen molar-refractivity contribution in [3.05, 3.63) is 99.0 Å². The van der Waals surface area contributed by atoms with E-state index in [0.717, 1.165) is 6.07 Å². The summed E-state index contributed by atoms with van der Waals surface area (Å²) in [7, 11) is 0. The van der Waals surface area contributed by atoms with E-state index in [0.29, 0.717) is 21.3 Å². The zero-order valence-corrected chi connectivity index (χ0v) is 17.0. The van der Waals surface area contributed by atoms with Crippen LogP contribution in [0.25, 0.3) is 0 Å². The van der Waals surface area contributed by atoms with E-state index in [9.17, 15) is 13.6 Å². The molecule has 0 aliphatic carbocycles. The Labute approximate surface area is 179 Å². The van der Waals surface area contributed by atoms with E-state index in [1.807, 2.05) is 0 Å². The molecule has 3 aromatic rings. The van der Waals surface area contributed by atoms with Gasteiger partial charge in [0.25, 0.3) is 5.91 Å². The molecule has 3 rings (SSSR count). The van der Waals surface area contributed by atoms with Gasteiger partial charge in [-0.15, -0.1) is 0 Å². The fourth-order valence-electron chi connectivity index (χ4n) is 2.48. The van der Waals surface area contributed by atoms with E-state index in [-0.39, 0.29) is 23.6 Å². The molecule has 1 N–H and O–H groups in total. The third kappa shape index (κ3) is 5.27. The van der Waals surface area contributed by atoms with Gasteiger partial charge in [-0.1, -0.05) is 18.2 Å². The molecule has 0 unspecified atom stereocenters. The van der Waals surface area contributed by atoms with Crippen LogP contribution >= 0.6 is 15.9 Å². The van der Waals surface area contributed by atoms with Gasteiger partial charge >= 0.3 is 0 Å². The predicted molar refractivity (Wildman–Crippen MR) is 111 cm³/mol. The van der Waals surface area contributed by atoms with Crippen LogP contribution in [-0.2, 0) is 6.61 Å². The summed E-state index contributed by atoms with van der Waals surface area (Å²) in [5.74, 6) is -1.37. The molecule has 3 aromatic carbocycles. The molecule has 0 fully saturated rings. The van der Waals surface area contributed by atoms with Crippen LogP contribution in [-0.4, -0.2) is 12.1 Å². The van der Waals surface area contributed by atoms with Gasteiger partial charge in [0.15, 0.2) is 0 Å². The zero-order chi connectivity index (χ0) is 21.5. The Morgan fingerprint density at radius 1 is 1.13 bits per heavy atom. The third-order valence-electron chi connectivity index (χ3n) is 4.02. The number of ether oxygens (including phenoxy) is 1. The second kappa shape index (κ2) is 9.76. The van der Waals surface area contributed by atoms with Crippen molar-refractivity contribution < 1.29 is 18.3 Å². The first-order valence-corrected chi connectivity index (χ1v) is 9.46. The van der Waals surface area contributed by atoms with Gasteiger partial charge < -0.3 is 4.74 Å². The van der Waals surface area contributed by atoms with Crippen molar-refractivity contribution in [3.63, 3.8) is 0 Å². The molecular formula is C22H14BrF2N3O2. The number of hydrazone groups is 1. The van der Waals surface area contributed by atoms with Crippen LogP contribution in [0.5, 0.6) is 5.75 Å². The van der Waals surface area contributed by atoms with Crippen LogP contribution in [0, 0.1) is 23.0 Å². The van der Waals surface area contributed by atoms with E-state index in [1.165, 1.54) is 24.4 Å². The number of carbonyl (C=O) groups excluding carboxylic acids is 1. The fourth-order valence-corrected chi connectivity index (χ4v) is 2.99. The predicted octanol–water partition coefficient (Wildman–Crippen LogP) is 4.94. The second-order valence-electron chi connectivity index (χ2n) is 6.08. The molecule has 0 aliphatic rings. The highest BCUT2D eigenvalue weighted by molar-refractivity contribution is 9.10. The summed E-state index contributed by atoms with van der Waals surface area (Å²) in [5.41, 5.74) is 3.21. The topological polar surface area (TPSA) is 74.5 Å². The lowest BCUT2D eigenvalue weighted by Crippen LogP contribution is -2.19. The maximum atomic E-state index is 13.8. The van der Waals surface area contributed by atoms with Crippen LogP contribution in [0.15, 0.2) is 70.2 Å². The van der Waals surface area contributed by atoms with E-state index >= 15 is 0 Å². The third-order valence-corrected chi connectivity index (χ3v) is 4.64. The standard InChI is InChI=1S/C22H14BrF2N3O2/c23-18-9-15(6-8-21(18)30-13-16-3-1-2-4-19(16)24)12-27-28-22(29)17-7-5-14(11-26)10-20(17)25/h1-10,12H,13H2,(H,28,29)/b27-12-. The number of hydrogen-bond donors (Lipinski definition) is 1. The fraction of sp³-hybridized carbons (Fsp3) is 0.0455. The van der Waals surface area contributed by atoms with Gasteiger partial charge in [-0.05, 0) is 64.0 Å². The normalized spacial score (nSPS) is 10.6. The van der Waals surface area contributed by atoms with Crippen molar-refractivity contribution in [3.8, 4) is 11.8 Å². The number of amides is 1. The Kier molecular flexibility index (Phi) is 6.88. The molecule has 0 saturated heterocycles. The van der Waals surface area contributed by atoms with Gasteiger partial charge in [0.2, 0.25) is 0 Å². The summed E-state index contributed by atoms with van der Waals surface area (Å²) in [6, 6.07) is 16.8. The minimum Gasteiger partial charge on any atom is -0.488 e. The van der Waals surface area contributed by atoms with Crippen LogP contribution in [0.1, 0.15) is 27.0 Å². The summed E-state index contributed by atoms with van der Waals surface area (Å²) >= 11 is 3.38. The summed E-state index contributed by atoms with van der Waals surface area (Å²) in [6.45, 7) is 0.0743. The van der Waals surface area contributed by atoms with Crippen LogP contribution in [0.3, 0.4) is 0 Å². The first-order chi connectivity index (χ1) is 14.5. The monoisotopic (exact) mass is 469 g/mol. The first kappa shape index (κ1) is 21.1. The SMILES string of the molecule is N#Cc1ccc(C(=O)N/N=C\c2ccc(OCc3ccccc3F)c(Br)c2)c(F)c1. The minimum atomic E-state index is -0.805. The molecule has 0 atom stereocenters. The summed E-state index contributed by atoms with van der Waals surface area (Å²) in [6.07, 6.45) is 1.38. The minimum absolute atomic E-state index is 0.0743. The van der Waals surface area contributed by atoms with Crippen molar-refractivity contribution in [1.82, 2.24) is 5.43 Å². The van der Waals surface area contributed by atoms with Gasteiger partial charge in [0.1, 0.15) is 24.0 Å². The Balaban J connectivity index is 1.61. The van der Waals surface area contributed by atoms with E-state index in [2.05, 4.69) is 26.5 Å².